The van der Waals surface area contributed by atoms with E-state index in [1.54, 1.807) is 30.3 Å². The van der Waals surface area contributed by atoms with Crippen molar-refractivity contribution in [2.75, 3.05) is 17.5 Å². The van der Waals surface area contributed by atoms with Crippen LogP contribution in [0.15, 0.2) is 95.9 Å². The van der Waals surface area contributed by atoms with Crippen LogP contribution < -0.4 is 4.31 Å². The van der Waals surface area contributed by atoms with Crippen molar-refractivity contribution in [1.29, 1.82) is 0 Å². The van der Waals surface area contributed by atoms with Gasteiger partial charge >= 0.3 is 5.97 Å². The number of hydrogen-bond donors (Lipinski definition) is 0. The Kier molecular flexibility index (Phi) is 8.66. The quantitative estimate of drug-likeness (QED) is 0.168. The van der Waals surface area contributed by atoms with Crippen molar-refractivity contribution >= 4 is 27.5 Å². The highest BCUT2D eigenvalue weighted by Crippen LogP contribution is 2.25. The number of benzene rings is 3. The van der Waals surface area contributed by atoms with E-state index in [9.17, 15) is 18.0 Å². The Morgan fingerprint density at radius 2 is 1.54 bits per heavy atom. The largest absolute Gasteiger partial charge is 0.454 e. The minimum atomic E-state index is -3.93. The lowest BCUT2D eigenvalue weighted by atomic mass is 10.1. The number of aryl methyl sites for hydroxylation is 1. The molecule has 1 aromatic heterocycles. The molecule has 8 heteroatoms. The zero-order chi connectivity index (χ0) is 28.0. The average Bonchev–Trinajstić information content (AvgIpc) is 3.26. The fourth-order valence-corrected chi connectivity index (χ4v) is 6.06. The van der Waals surface area contributed by atoms with Gasteiger partial charge in [-0.3, -0.25) is 9.10 Å². The van der Waals surface area contributed by atoms with Gasteiger partial charge in [-0.2, -0.15) is 0 Å². The summed E-state index contributed by atoms with van der Waals surface area (Å²) in [6, 6.07) is 26.1. The fraction of sp³-hybridized carbons (Fsp3) is 0.226. The molecule has 0 unspecified atom stereocenters. The Labute approximate surface area is 229 Å². The van der Waals surface area contributed by atoms with Crippen molar-refractivity contribution in [2.45, 2.75) is 38.5 Å². The number of ketones is 1. The van der Waals surface area contributed by atoms with Crippen LogP contribution in [-0.4, -0.2) is 37.9 Å². The van der Waals surface area contributed by atoms with Gasteiger partial charge in [0, 0.05) is 29.2 Å². The highest BCUT2D eigenvalue weighted by atomic mass is 32.2. The van der Waals surface area contributed by atoms with E-state index in [0.29, 0.717) is 24.2 Å². The highest BCUT2D eigenvalue weighted by molar-refractivity contribution is 7.92. The minimum Gasteiger partial charge on any atom is -0.454 e. The van der Waals surface area contributed by atoms with Gasteiger partial charge in [-0.05, 0) is 68.8 Å². The van der Waals surface area contributed by atoms with Crippen LogP contribution in [0.5, 0.6) is 0 Å². The molecule has 0 saturated heterocycles. The van der Waals surface area contributed by atoms with Crippen LogP contribution in [0.2, 0.25) is 0 Å². The molecule has 1 heterocycles. The number of carbonyl (C=O) groups is 2. The van der Waals surface area contributed by atoms with E-state index in [2.05, 4.69) is 0 Å². The molecule has 0 N–H and O–H groups in total. The normalized spacial score (nSPS) is 11.3. The summed E-state index contributed by atoms with van der Waals surface area (Å²) in [6.07, 6.45) is 1.51. The summed E-state index contributed by atoms with van der Waals surface area (Å²) < 4.78 is 35.8. The maximum atomic E-state index is 13.6. The Morgan fingerprint density at radius 3 is 2.21 bits per heavy atom. The maximum Gasteiger partial charge on any atom is 0.338 e. The van der Waals surface area contributed by atoms with Gasteiger partial charge in [0.1, 0.15) is 0 Å². The third-order valence-corrected chi connectivity index (χ3v) is 8.32. The summed E-state index contributed by atoms with van der Waals surface area (Å²) in [7, 11) is -3.93. The molecule has 202 valence electrons. The van der Waals surface area contributed by atoms with Crippen LogP contribution in [0.4, 0.5) is 5.69 Å². The summed E-state index contributed by atoms with van der Waals surface area (Å²) in [5, 5.41) is 0. The maximum absolute atomic E-state index is 13.6. The van der Waals surface area contributed by atoms with Crippen LogP contribution >= 0.6 is 0 Å². The predicted molar refractivity (Wildman–Crippen MR) is 152 cm³/mol. The molecule has 4 rings (SSSR count). The van der Waals surface area contributed by atoms with Crippen molar-refractivity contribution in [3.63, 3.8) is 0 Å². The number of aromatic nitrogens is 1. The van der Waals surface area contributed by atoms with Crippen LogP contribution in [0.3, 0.4) is 0 Å². The van der Waals surface area contributed by atoms with Gasteiger partial charge in [-0.1, -0.05) is 55.8 Å². The number of Topliss-reactive ketones (excluding diaryl/α,β-unsaturated/α-hetero) is 1. The number of nitrogens with zero attached hydrogens (tertiary/aromatic N) is 2. The van der Waals surface area contributed by atoms with Gasteiger partial charge in [0.2, 0.25) is 5.78 Å². The molecule has 39 heavy (non-hydrogen) atoms. The molecule has 0 radical (unpaired) electrons. The van der Waals surface area contributed by atoms with Crippen molar-refractivity contribution in [3.8, 4) is 5.69 Å². The summed E-state index contributed by atoms with van der Waals surface area (Å²) in [4.78, 5) is 25.8. The van der Waals surface area contributed by atoms with Crippen molar-refractivity contribution in [1.82, 2.24) is 4.57 Å². The van der Waals surface area contributed by atoms with Crippen molar-refractivity contribution in [3.05, 3.63) is 114 Å². The first-order chi connectivity index (χ1) is 18.7. The molecule has 0 atom stereocenters. The van der Waals surface area contributed by atoms with Crippen LogP contribution in [0.1, 0.15) is 51.9 Å². The molecule has 0 aliphatic heterocycles. The lowest BCUT2D eigenvalue weighted by Gasteiger charge is -2.24. The number of ether oxygens (including phenoxy) is 1. The van der Waals surface area contributed by atoms with Crippen LogP contribution in [0.25, 0.3) is 5.69 Å². The Balaban J connectivity index is 1.51. The molecule has 0 saturated carbocycles. The first kappa shape index (κ1) is 27.9. The number of rotatable bonds is 11. The molecule has 0 fully saturated rings. The molecular formula is C31H32N2O5S. The lowest BCUT2D eigenvalue weighted by molar-refractivity contribution is 0.0474. The van der Waals surface area contributed by atoms with Crippen LogP contribution in [-0.2, 0) is 14.8 Å². The van der Waals surface area contributed by atoms with Gasteiger partial charge in [-0.25, -0.2) is 13.2 Å². The van der Waals surface area contributed by atoms with Gasteiger partial charge in [0.15, 0.2) is 6.61 Å². The van der Waals surface area contributed by atoms with Crippen LogP contribution in [0, 0.1) is 13.8 Å². The van der Waals surface area contributed by atoms with E-state index in [-0.39, 0.29) is 16.2 Å². The average molecular weight is 545 g/mol. The zero-order valence-corrected chi connectivity index (χ0v) is 23.1. The summed E-state index contributed by atoms with van der Waals surface area (Å²) in [5.41, 5.74) is 3.65. The van der Waals surface area contributed by atoms with Gasteiger partial charge in [-0.15, -0.1) is 0 Å². The molecule has 0 amide bonds. The Morgan fingerprint density at radius 1 is 0.872 bits per heavy atom. The predicted octanol–water partition coefficient (Wildman–Crippen LogP) is 6.13. The second-order valence-electron chi connectivity index (χ2n) is 9.25. The van der Waals surface area contributed by atoms with E-state index in [1.165, 1.54) is 28.6 Å². The second-order valence-corrected chi connectivity index (χ2v) is 11.1. The van der Waals surface area contributed by atoms with Gasteiger partial charge < -0.3 is 9.30 Å². The summed E-state index contributed by atoms with van der Waals surface area (Å²) in [5.74, 6) is -1.10. The molecule has 7 nitrogen and oxygen atoms in total. The molecule has 4 aromatic rings. The summed E-state index contributed by atoms with van der Waals surface area (Å²) in [6.45, 7) is 5.61. The van der Waals surface area contributed by atoms with E-state index < -0.39 is 22.6 Å². The number of unbranched alkanes of at least 4 members (excludes halogenated alkanes) is 1. The van der Waals surface area contributed by atoms with E-state index in [1.807, 2.05) is 61.7 Å². The van der Waals surface area contributed by atoms with E-state index in [4.69, 9.17) is 4.74 Å². The molecule has 0 bridgehead atoms. The molecule has 0 aliphatic carbocycles. The first-order valence-electron chi connectivity index (χ1n) is 12.9. The number of anilines is 1. The highest BCUT2D eigenvalue weighted by Gasteiger charge is 2.26. The standard InChI is InChI=1S/C31H32N2O5S/c1-4-5-19-32(26-14-8-6-9-15-26)39(36,37)28-18-12-13-25(21-28)31(35)38-22-30(34)29-20-23(2)33(24(29)3)27-16-10-7-11-17-27/h6-18,20-21H,4-5,19,22H2,1-3H3. The van der Waals surface area contributed by atoms with E-state index in [0.717, 1.165) is 23.5 Å². The smallest absolute Gasteiger partial charge is 0.338 e. The van der Waals surface area contributed by atoms with Gasteiger partial charge in [0.05, 0.1) is 16.1 Å². The SMILES string of the molecule is CCCCN(c1ccccc1)S(=O)(=O)c1cccc(C(=O)OCC(=O)c2cc(C)n(-c3ccccc3)c2C)c1. The molecule has 3 aromatic carbocycles. The van der Waals surface area contributed by atoms with Crippen molar-refractivity contribution < 1.29 is 22.7 Å². The molecule has 0 aliphatic rings. The fourth-order valence-electron chi connectivity index (χ4n) is 4.51. The Bertz CT molecular complexity index is 1560. The van der Waals surface area contributed by atoms with Gasteiger partial charge in [0.25, 0.3) is 10.0 Å². The molecule has 0 spiro atoms. The first-order valence-corrected chi connectivity index (χ1v) is 14.3. The number of carbonyl (C=O) groups excluding carboxylic acids is 2. The third kappa shape index (κ3) is 6.12. The number of esters is 1. The second kappa shape index (κ2) is 12.1. The minimum absolute atomic E-state index is 0.0189. The van der Waals surface area contributed by atoms with E-state index >= 15 is 0 Å². The lowest BCUT2D eigenvalue weighted by Crippen LogP contribution is -2.32. The summed E-state index contributed by atoms with van der Waals surface area (Å²) >= 11 is 0. The topological polar surface area (TPSA) is 85.7 Å². The monoisotopic (exact) mass is 544 g/mol. The number of para-hydroxylation sites is 2. The molecular weight excluding hydrogens is 512 g/mol. The number of hydrogen-bond acceptors (Lipinski definition) is 5. The zero-order valence-electron chi connectivity index (χ0n) is 22.3. The Hall–Kier alpha value is -4.17. The third-order valence-electron chi connectivity index (χ3n) is 6.50. The van der Waals surface area contributed by atoms with Crippen molar-refractivity contribution in [2.24, 2.45) is 0 Å². The number of sulfonamides is 1.